The molecule has 2 rings (SSSR count). The van der Waals surface area contributed by atoms with E-state index in [-0.39, 0.29) is 5.54 Å². The number of hydrogen-bond donors (Lipinski definition) is 1. The van der Waals surface area contributed by atoms with Crippen molar-refractivity contribution < 1.29 is 4.74 Å². The van der Waals surface area contributed by atoms with Crippen LogP contribution in [0.2, 0.25) is 0 Å². The van der Waals surface area contributed by atoms with E-state index in [2.05, 4.69) is 35.0 Å². The van der Waals surface area contributed by atoms with Gasteiger partial charge in [0.05, 0.1) is 11.6 Å². The monoisotopic (exact) mass is 339 g/mol. The van der Waals surface area contributed by atoms with Gasteiger partial charge in [0.15, 0.2) is 0 Å². The first-order chi connectivity index (χ1) is 9.56. The van der Waals surface area contributed by atoms with Crippen molar-refractivity contribution in [1.29, 1.82) is 0 Å². The van der Waals surface area contributed by atoms with Gasteiger partial charge < -0.3 is 10.5 Å². The van der Waals surface area contributed by atoms with Gasteiger partial charge in [-0.1, -0.05) is 25.8 Å². The molecule has 1 saturated carbocycles. The van der Waals surface area contributed by atoms with Gasteiger partial charge in [0, 0.05) is 5.54 Å². The van der Waals surface area contributed by atoms with Crippen molar-refractivity contribution in [2.75, 3.05) is 7.11 Å². The second-order valence-electron chi connectivity index (χ2n) is 6.24. The maximum Gasteiger partial charge on any atom is 0.133 e. The maximum absolute atomic E-state index is 6.62. The Hall–Kier alpha value is -0.540. The van der Waals surface area contributed by atoms with Crippen molar-refractivity contribution in [3.05, 3.63) is 28.2 Å². The molecule has 112 valence electrons. The Labute approximate surface area is 131 Å². The van der Waals surface area contributed by atoms with Gasteiger partial charge in [0.1, 0.15) is 5.75 Å². The quantitative estimate of drug-likeness (QED) is 0.844. The summed E-state index contributed by atoms with van der Waals surface area (Å²) in [6.45, 7) is 2.28. The van der Waals surface area contributed by atoms with Crippen LogP contribution in [0.15, 0.2) is 22.7 Å². The lowest BCUT2D eigenvalue weighted by atomic mass is 9.73. The molecule has 0 unspecified atom stereocenters. The van der Waals surface area contributed by atoms with E-state index in [0.29, 0.717) is 0 Å². The van der Waals surface area contributed by atoms with E-state index >= 15 is 0 Å². The first kappa shape index (κ1) is 15.8. The van der Waals surface area contributed by atoms with Gasteiger partial charge in [-0.3, -0.25) is 0 Å². The molecule has 1 aliphatic rings. The highest BCUT2D eigenvalue weighted by molar-refractivity contribution is 9.10. The van der Waals surface area contributed by atoms with E-state index in [9.17, 15) is 0 Å². The van der Waals surface area contributed by atoms with Gasteiger partial charge in [-0.25, -0.2) is 0 Å². The number of rotatable bonds is 5. The molecule has 0 saturated heterocycles. The Morgan fingerprint density at radius 1 is 1.35 bits per heavy atom. The Morgan fingerprint density at radius 3 is 2.60 bits per heavy atom. The molecule has 0 radical (unpaired) electrons. The zero-order chi connectivity index (χ0) is 14.6. The average molecular weight is 340 g/mol. The van der Waals surface area contributed by atoms with Crippen LogP contribution in [0.5, 0.6) is 5.75 Å². The van der Waals surface area contributed by atoms with Gasteiger partial charge >= 0.3 is 0 Å². The number of hydrogen-bond acceptors (Lipinski definition) is 2. The fourth-order valence-corrected chi connectivity index (χ4v) is 3.94. The lowest BCUT2D eigenvalue weighted by Gasteiger charge is -2.37. The van der Waals surface area contributed by atoms with Crippen LogP contribution in [-0.4, -0.2) is 12.6 Å². The van der Waals surface area contributed by atoms with Gasteiger partial charge in [-0.05, 0) is 71.6 Å². The van der Waals surface area contributed by atoms with Gasteiger partial charge in [0.2, 0.25) is 0 Å². The Bertz CT molecular complexity index is 439. The van der Waals surface area contributed by atoms with Crippen LogP contribution in [-0.2, 0) is 6.42 Å². The summed E-state index contributed by atoms with van der Waals surface area (Å²) in [7, 11) is 1.69. The fourth-order valence-electron chi connectivity index (χ4n) is 3.35. The summed E-state index contributed by atoms with van der Waals surface area (Å²) in [6.07, 6.45) is 8.53. The second-order valence-corrected chi connectivity index (χ2v) is 7.09. The molecule has 0 aromatic heterocycles. The van der Waals surface area contributed by atoms with Crippen LogP contribution in [0.1, 0.15) is 51.0 Å². The minimum atomic E-state index is -0.0156. The van der Waals surface area contributed by atoms with E-state index in [1.807, 2.05) is 6.07 Å². The summed E-state index contributed by atoms with van der Waals surface area (Å²) in [5.74, 6) is 1.78. The molecule has 1 aromatic rings. The smallest absolute Gasteiger partial charge is 0.133 e. The Kier molecular flexibility index (Phi) is 5.50. The highest BCUT2D eigenvalue weighted by atomic mass is 79.9. The third-order valence-electron chi connectivity index (χ3n) is 4.57. The second kappa shape index (κ2) is 6.95. The lowest BCUT2D eigenvalue weighted by molar-refractivity contribution is 0.223. The van der Waals surface area contributed by atoms with Gasteiger partial charge in [-0.2, -0.15) is 0 Å². The molecule has 20 heavy (non-hydrogen) atoms. The van der Waals surface area contributed by atoms with Crippen LogP contribution >= 0.6 is 15.9 Å². The van der Waals surface area contributed by atoms with Crippen LogP contribution < -0.4 is 10.5 Å². The summed E-state index contributed by atoms with van der Waals surface area (Å²) < 4.78 is 6.29. The van der Waals surface area contributed by atoms with E-state index in [1.165, 1.54) is 31.2 Å². The number of halogens is 1. The zero-order valence-corrected chi connectivity index (χ0v) is 14.2. The normalized spacial score (nSPS) is 26.5. The van der Waals surface area contributed by atoms with E-state index in [1.54, 1.807) is 7.11 Å². The minimum Gasteiger partial charge on any atom is -0.496 e. The molecule has 0 atom stereocenters. The highest BCUT2D eigenvalue weighted by Crippen LogP contribution is 2.36. The van der Waals surface area contributed by atoms with Crippen molar-refractivity contribution in [2.45, 2.75) is 57.4 Å². The van der Waals surface area contributed by atoms with Gasteiger partial charge in [-0.15, -0.1) is 0 Å². The maximum atomic E-state index is 6.62. The molecule has 3 heteroatoms. The molecular formula is C17H26BrNO. The number of methoxy groups -OCH3 is 1. The Morgan fingerprint density at radius 2 is 2.05 bits per heavy atom. The Balaban J connectivity index is 1.97. The van der Waals surface area contributed by atoms with Gasteiger partial charge in [0.25, 0.3) is 0 Å². The first-order valence-electron chi connectivity index (χ1n) is 7.67. The summed E-state index contributed by atoms with van der Waals surface area (Å²) >= 11 is 3.55. The molecule has 2 nitrogen and oxygen atoms in total. The predicted molar refractivity (Wildman–Crippen MR) is 88.2 cm³/mol. The predicted octanol–water partition coefficient (Wildman–Crippen LogP) is 4.69. The standard InChI is InChI=1S/C17H26BrNO/c1-3-4-13-7-9-17(19,10-8-13)12-14-5-6-16(20-2)15(18)11-14/h5-6,11,13H,3-4,7-10,12,19H2,1-2H3. The van der Waals surface area contributed by atoms with E-state index in [4.69, 9.17) is 10.5 Å². The zero-order valence-electron chi connectivity index (χ0n) is 12.6. The largest absolute Gasteiger partial charge is 0.496 e. The molecule has 1 fully saturated rings. The van der Waals surface area contributed by atoms with Crippen molar-refractivity contribution >= 4 is 15.9 Å². The lowest BCUT2D eigenvalue weighted by Crippen LogP contribution is -2.45. The van der Waals surface area contributed by atoms with Crippen molar-refractivity contribution in [3.63, 3.8) is 0 Å². The number of ether oxygens (including phenoxy) is 1. The topological polar surface area (TPSA) is 35.2 Å². The van der Waals surface area contributed by atoms with E-state index in [0.717, 1.165) is 35.4 Å². The van der Waals surface area contributed by atoms with Crippen LogP contribution in [0.4, 0.5) is 0 Å². The van der Waals surface area contributed by atoms with Crippen LogP contribution in [0, 0.1) is 5.92 Å². The third kappa shape index (κ3) is 3.98. The molecule has 0 heterocycles. The molecular weight excluding hydrogens is 314 g/mol. The summed E-state index contributed by atoms with van der Waals surface area (Å²) in [4.78, 5) is 0. The molecule has 0 spiro atoms. The molecule has 1 aliphatic carbocycles. The summed E-state index contributed by atoms with van der Waals surface area (Å²) in [5, 5.41) is 0. The molecule has 0 amide bonds. The fraction of sp³-hybridized carbons (Fsp3) is 0.647. The molecule has 2 N–H and O–H groups in total. The molecule has 0 aliphatic heterocycles. The average Bonchev–Trinajstić information content (AvgIpc) is 2.42. The number of nitrogens with two attached hydrogens (primary N) is 1. The van der Waals surface area contributed by atoms with Crippen molar-refractivity contribution in [2.24, 2.45) is 11.7 Å². The van der Waals surface area contributed by atoms with Crippen LogP contribution in [0.3, 0.4) is 0 Å². The first-order valence-corrected chi connectivity index (χ1v) is 8.47. The van der Waals surface area contributed by atoms with Crippen molar-refractivity contribution in [1.82, 2.24) is 0 Å². The third-order valence-corrected chi connectivity index (χ3v) is 5.19. The molecule has 0 bridgehead atoms. The highest BCUT2D eigenvalue weighted by Gasteiger charge is 2.31. The summed E-state index contributed by atoms with van der Waals surface area (Å²) in [6, 6.07) is 6.30. The summed E-state index contributed by atoms with van der Waals surface area (Å²) in [5.41, 5.74) is 7.91. The SMILES string of the molecule is CCCC1CCC(N)(Cc2ccc(OC)c(Br)c2)CC1. The van der Waals surface area contributed by atoms with Crippen LogP contribution in [0.25, 0.3) is 0 Å². The van der Waals surface area contributed by atoms with Crippen molar-refractivity contribution in [3.8, 4) is 5.75 Å². The van der Waals surface area contributed by atoms with E-state index < -0.39 is 0 Å². The molecule has 1 aromatic carbocycles. The minimum absolute atomic E-state index is 0.0156. The number of benzene rings is 1.